The zero-order chi connectivity index (χ0) is 22.0. The minimum Gasteiger partial charge on any atom is -0.352 e. The molecule has 0 spiro atoms. The van der Waals surface area contributed by atoms with E-state index in [0.29, 0.717) is 11.4 Å². The maximum absolute atomic E-state index is 12.7. The summed E-state index contributed by atoms with van der Waals surface area (Å²) in [6.07, 6.45) is 7.55. The highest BCUT2D eigenvalue weighted by Crippen LogP contribution is 2.18. The lowest BCUT2D eigenvalue weighted by Gasteiger charge is -2.11. The van der Waals surface area contributed by atoms with Gasteiger partial charge in [-0.1, -0.05) is 30.5 Å². The normalized spacial score (nSPS) is 14.0. The molecule has 0 atom stereocenters. The summed E-state index contributed by atoms with van der Waals surface area (Å²) in [5, 5.41) is 18.8. The van der Waals surface area contributed by atoms with E-state index in [-0.39, 0.29) is 30.1 Å². The number of carbonyl (C=O) groups excluding carboxylic acids is 2. The smallest absolute Gasteiger partial charge is 0.278 e. The number of nitrogens with one attached hydrogen (secondary N) is 2. The highest BCUT2D eigenvalue weighted by Gasteiger charge is 2.19. The average Bonchev–Trinajstić information content (AvgIpc) is 3.44. The molecule has 1 aliphatic rings. The Hall–Kier alpha value is -3.49. The van der Waals surface area contributed by atoms with Crippen LogP contribution >= 0.6 is 0 Å². The van der Waals surface area contributed by atoms with Gasteiger partial charge in [0.1, 0.15) is 6.54 Å². The van der Waals surface area contributed by atoms with Gasteiger partial charge < -0.3 is 10.6 Å². The third-order valence-corrected chi connectivity index (χ3v) is 5.48. The standard InChI is InChI=1S/C22H27N7O2/c1-14-8-9-19(15(2)10-14)29-26-16(3)21(27-29)22(31)25-18-11-23-28(12-18)13-20(30)24-17-6-4-5-7-17/h8-12,17H,4-7,13H2,1-3H3,(H,24,30)(H,25,31). The van der Waals surface area contributed by atoms with Crippen molar-refractivity contribution in [2.75, 3.05) is 5.32 Å². The fourth-order valence-electron chi connectivity index (χ4n) is 3.92. The van der Waals surface area contributed by atoms with E-state index in [1.807, 2.05) is 32.0 Å². The Labute approximate surface area is 180 Å². The molecule has 1 saturated carbocycles. The van der Waals surface area contributed by atoms with Gasteiger partial charge >= 0.3 is 0 Å². The molecule has 0 saturated heterocycles. The lowest BCUT2D eigenvalue weighted by molar-refractivity contribution is -0.122. The molecule has 0 unspecified atom stereocenters. The zero-order valence-corrected chi connectivity index (χ0v) is 18.1. The first-order valence-electron chi connectivity index (χ1n) is 10.5. The summed E-state index contributed by atoms with van der Waals surface area (Å²) in [4.78, 5) is 26.4. The molecular formula is C22H27N7O2. The molecule has 162 valence electrons. The first kappa shape index (κ1) is 20.8. The van der Waals surface area contributed by atoms with Crippen LogP contribution in [0, 0.1) is 20.8 Å². The Morgan fingerprint density at radius 3 is 2.65 bits per heavy atom. The minimum absolute atomic E-state index is 0.0693. The molecule has 0 aliphatic heterocycles. The fraction of sp³-hybridized carbons (Fsp3) is 0.409. The van der Waals surface area contributed by atoms with Crippen molar-refractivity contribution in [3.8, 4) is 5.69 Å². The van der Waals surface area contributed by atoms with Crippen LogP contribution in [-0.2, 0) is 11.3 Å². The highest BCUT2D eigenvalue weighted by atomic mass is 16.2. The van der Waals surface area contributed by atoms with E-state index in [4.69, 9.17) is 0 Å². The number of hydrogen-bond acceptors (Lipinski definition) is 5. The number of hydrogen-bond donors (Lipinski definition) is 2. The molecule has 1 aliphatic carbocycles. The summed E-state index contributed by atoms with van der Waals surface area (Å²) in [5.41, 5.74) is 4.27. The molecule has 31 heavy (non-hydrogen) atoms. The minimum atomic E-state index is -0.372. The van der Waals surface area contributed by atoms with Crippen molar-refractivity contribution in [2.45, 2.75) is 59.0 Å². The summed E-state index contributed by atoms with van der Waals surface area (Å²) >= 11 is 0. The average molecular weight is 422 g/mol. The Bertz CT molecular complexity index is 1110. The van der Waals surface area contributed by atoms with Crippen LogP contribution in [0.4, 0.5) is 5.69 Å². The number of aryl methyl sites for hydroxylation is 3. The number of anilines is 1. The van der Waals surface area contributed by atoms with E-state index >= 15 is 0 Å². The molecular weight excluding hydrogens is 394 g/mol. The van der Waals surface area contributed by atoms with Crippen molar-refractivity contribution >= 4 is 17.5 Å². The van der Waals surface area contributed by atoms with E-state index in [0.717, 1.165) is 42.5 Å². The molecule has 2 aromatic heterocycles. The van der Waals surface area contributed by atoms with E-state index in [1.165, 1.54) is 15.7 Å². The van der Waals surface area contributed by atoms with Crippen molar-refractivity contribution in [3.05, 3.63) is 53.1 Å². The van der Waals surface area contributed by atoms with Gasteiger partial charge in [-0.3, -0.25) is 14.3 Å². The number of amides is 2. The number of nitrogens with zero attached hydrogens (tertiary/aromatic N) is 5. The van der Waals surface area contributed by atoms with Crippen molar-refractivity contribution < 1.29 is 9.59 Å². The van der Waals surface area contributed by atoms with Gasteiger partial charge in [0.05, 0.1) is 23.3 Å². The maximum Gasteiger partial charge on any atom is 0.278 e. The Kier molecular flexibility index (Phi) is 5.83. The van der Waals surface area contributed by atoms with Crippen LogP contribution in [0.2, 0.25) is 0 Å². The Morgan fingerprint density at radius 1 is 1.13 bits per heavy atom. The molecule has 9 nitrogen and oxygen atoms in total. The lowest BCUT2D eigenvalue weighted by atomic mass is 10.1. The van der Waals surface area contributed by atoms with Crippen LogP contribution in [0.15, 0.2) is 30.6 Å². The summed E-state index contributed by atoms with van der Waals surface area (Å²) in [6, 6.07) is 6.24. The van der Waals surface area contributed by atoms with Gasteiger partial charge in [-0.05, 0) is 45.2 Å². The van der Waals surface area contributed by atoms with Crippen molar-refractivity contribution in [3.63, 3.8) is 0 Å². The van der Waals surface area contributed by atoms with Gasteiger partial charge in [0.2, 0.25) is 5.91 Å². The second kappa shape index (κ2) is 8.71. The second-order valence-corrected chi connectivity index (χ2v) is 8.14. The van der Waals surface area contributed by atoms with Crippen molar-refractivity contribution in [1.29, 1.82) is 0 Å². The highest BCUT2D eigenvalue weighted by molar-refractivity contribution is 6.03. The van der Waals surface area contributed by atoms with Gasteiger partial charge in [0, 0.05) is 12.2 Å². The molecule has 1 fully saturated rings. The Balaban J connectivity index is 1.41. The van der Waals surface area contributed by atoms with E-state index in [9.17, 15) is 9.59 Å². The largest absolute Gasteiger partial charge is 0.352 e. The van der Waals surface area contributed by atoms with Gasteiger partial charge in [-0.2, -0.15) is 15.0 Å². The van der Waals surface area contributed by atoms with Crippen molar-refractivity contribution in [1.82, 2.24) is 30.1 Å². The monoisotopic (exact) mass is 421 g/mol. The predicted molar refractivity (Wildman–Crippen MR) is 116 cm³/mol. The molecule has 1 aromatic carbocycles. The van der Waals surface area contributed by atoms with Crippen LogP contribution in [0.5, 0.6) is 0 Å². The van der Waals surface area contributed by atoms with Crippen molar-refractivity contribution in [2.24, 2.45) is 0 Å². The quantitative estimate of drug-likeness (QED) is 0.636. The molecule has 2 N–H and O–H groups in total. The molecule has 2 amide bonds. The topological polar surface area (TPSA) is 107 Å². The second-order valence-electron chi connectivity index (χ2n) is 8.14. The fourth-order valence-corrected chi connectivity index (χ4v) is 3.92. The molecule has 2 heterocycles. The predicted octanol–water partition coefficient (Wildman–Crippen LogP) is 2.70. The number of carbonyl (C=O) groups is 2. The number of aromatic nitrogens is 5. The summed E-state index contributed by atoms with van der Waals surface area (Å²) in [7, 11) is 0. The third kappa shape index (κ3) is 4.82. The lowest BCUT2D eigenvalue weighted by Crippen LogP contribution is -2.35. The number of rotatable bonds is 6. The van der Waals surface area contributed by atoms with Crippen LogP contribution in [0.3, 0.4) is 0 Å². The van der Waals surface area contributed by atoms with Gasteiger partial charge in [-0.25, -0.2) is 0 Å². The SMILES string of the molecule is Cc1ccc(-n2nc(C)c(C(=O)Nc3cnn(CC(=O)NC4CCCC4)c3)n2)c(C)c1. The molecule has 4 rings (SSSR count). The molecule has 3 aromatic rings. The Morgan fingerprint density at radius 2 is 1.90 bits per heavy atom. The van der Waals surface area contributed by atoms with Crippen LogP contribution in [-0.4, -0.2) is 42.6 Å². The molecule has 0 radical (unpaired) electrons. The first-order valence-corrected chi connectivity index (χ1v) is 10.5. The maximum atomic E-state index is 12.7. The summed E-state index contributed by atoms with van der Waals surface area (Å²) < 4.78 is 1.51. The summed E-state index contributed by atoms with van der Waals surface area (Å²) in [6.45, 7) is 5.88. The van der Waals surface area contributed by atoms with E-state index in [1.54, 1.807) is 13.1 Å². The van der Waals surface area contributed by atoms with E-state index < -0.39 is 0 Å². The van der Waals surface area contributed by atoms with Crippen LogP contribution < -0.4 is 10.6 Å². The van der Waals surface area contributed by atoms with Crippen LogP contribution in [0.25, 0.3) is 5.69 Å². The first-order chi connectivity index (χ1) is 14.9. The van der Waals surface area contributed by atoms with E-state index in [2.05, 4.69) is 25.9 Å². The summed E-state index contributed by atoms with van der Waals surface area (Å²) in [5.74, 6) is -0.441. The van der Waals surface area contributed by atoms with Gasteiger partial charge in [-0.15, -0.1) is 5.10 Å². The third-order valence-electron chi connectivity index (χ3n) is 5.48. The zero-order valence-electron chi connectivity index (χ0n) is 18.1. The molecule has 9 heteroatoms. The number of benzene rings is 1. The van der Waals surface area contributed by atoms with Crippen LogP contribution in [0.1, 0.15) is 53.0 Å². The molecule has 0 bridgehead atoms. The van der Waals surface area contributed by atoms with Gasteiger partial charge in [0.15, 0.2) is 5.69 Å². The van der Waals surface area contributed by atoms with Gasteiger partial charge in [0.25, 0.3) is 5.91 Å².